The molecule has 2 saturated heterocycles. The van der Waals surface area contributed by atoms with Gasteiger partial charge in [-0.25, -0.2) is 0 Å². The number of aromatic nitrogens is 1. The van der Waals surface area contributed by atoms with Gasteiger partial charge in [-0.2, -0.15) is 0 Å². The van der Waals surface area contributed by atoms with Gasteiger partial charge in [0.05, 0.1) is 24.2 Å². The van der Waals surface area contributed by atoms with E-state index >= 15 is 0 Å². The van der Waals surface area contributed by atoms with E-state index in [1.165, 1.54) is 5.56 Å². The van der Waals surface area contributed by atoms with Crippen LogP contribution in [-0.4, -0.2) is 61.5 Å². The number of fused-ring (bicyclic) bond motifs is 2. The Morgan fingerprint density at radius 1 is 1.40 bits per heavy atom. The minimum absolute atomic E-state index is 0.0767. The molecule has 1 aliphatic carbocycles. The van der Waals surface area contributed by atoms with Crippen molar-refractivity contribution in [3.8, 4) is 0 Å². The lowest BCUT2D eigenvalue weighted by Crippen LogP contribution is -2.48. The summed E-state index contributed by atoms with van der Waals surface area (Å²) < 4.78 is 17.4. The van der Waals surface area contributed by atoms with Crippen LogP contribution in [-0.2, 0) is 32.0 Å². The second kappa shape index (κ2) is 8.21. The van der Waals surface area contributed by atoms with Gasteiger partial charge in [0.15, 0.2) is 0 Å². The van der Waals surface area contributed by atoms with Crippen LogP contribution in [0, 0.1) is 24.2 Å². The summed E-state index contributed by atoms with van der Waals surface area (Å²) in [4.78, 5) is 20.5. The van der Waals surface area contributed by atoms with E-state index in [1.807, 2.05) is 6.20 Å². The predicted octanol–water partition coefficient (Wildman–Crippen LogP) is 2.90. The monoisotopic (exact) mass is 414 g/mol. The van der Waals surface area contributed by atoms with Crippen LogP contribution >= 0.6 is 0 Å². The highest BCUT2D eigenvalue weighted by atomic mass is 16.5. The summed E-state index contributed by atoms with van der Waals surface area (Å²) in [7, 11) is 1.79. The summed E-state index contributed by atoms with van der Waals surface area (Å²) in [6.07, 6.45) is 8.03. The fourth-order valence-corrected chi connectivity index (χ4v) is 6.39. The normalized spacial score (nSPS) is 35.9. The molecule has 164 valence electrons. The second-order valence-corrected chi connectivity index (χ2v) is 9.80. The molecule has 0 aromatic carbocycles. The summed E-state index contributed by atoms with van der Waals surface area (Å²) in [5, 5.41) is 0. The van der Waals surface area contributed by atoms with Crippen LogP contribution < -0.4 is 0 Å². The molecular formula is C24H34N2O4. The Hall–Kier alpha value is -1.50. The molecule has 3 fully saturated rings. The van der Waals surface area contributed by atoms with Crippen LogP contribution in [0.1, 0.15) is 48.9 Å². The van der Waals surface area contributed by atoms with Gasteiger partial charge in [0.1, 0.15) is 0 Å². The molecule has 0 bridgehead atoms. The molecular weight excluding hydrogens is 380 g/mol. The molecule has 1 amide bonds. The van der Waals surface area contributed by atoms with Crippen LogP contribution in [0.15, 0.2) is 12.3 Å². The molecule has 4 heterocycles. The van der Waals surface area contributed by atoms with Gasteiger partial charge >= 0.3 is 0 Å². The van der Waals surface area contributed by atoms with Gasteiger partial charge in [-0.15, -0.1) is 0 Å². The molecule has 0 spiro atoms. The highest BCUT2D eigenvalue weighted by Crippen LogP contribution is 2.53. The molecule has 1 aromatic heterocycles. The molecule has 0 radical (unpaired) electrons. The van der Waals surface area contributed by atoms with Crippen molar-refractivity contribution in [2.75, 3.05) is 33.5 Å². The van der Waals surface area contributed by atoms with Crippen molar-refractivity contribution < 1.29 is 19.0 Å². The Bertz CT molecular complexity index is 799. The summed E-state index contributed by atoms with van der Waals surface area (Å²) in [5.41, 5.74) is 3.19. The number of methoxy groups -OCH3 is 1. The molecule has 5 rings (SSSR count). The van der Waals surface area contributed by atoms with E-state index in [9.17, 15) is 4.79 Å². The molecule has 1 saturated carbocycles. The first-order chi connectivity index (χ1) is 14.6. The zero-order valence-electron chi connectivity index (χ0n) is 18.3. The van der Waals surface area contributed by atoms with E-state index < -0.39 is 0 Å². The van der Waals surface area contributed by atoms with Gasteiger partial charge in [-0.1, -0.05) is 6.07 Å². The molecule has 6 nitrogen and oxygen atoms in total. The average Bonchev–Trinajstić information content (AvgIpc) is 3.31. The van der Waals surface area contributed by atoms with Gasteiger partial charge in [0.25, 0.3) is 0 Å². The number of carbonyl (C=O) groups excluding carboxylic acids is 1. The number of hydrogen-bond acceptors (Lipinski definition) is 5. The Balaban J connectivity index is 1.30. The lowest BCUT2D eigenvalue weighted by Gasteiger charge is -2.37. The molecule has 4 aliphatic rings. The van der Waals surface area contributed by atoms with Crippen molar-refractivity contribution in [3.05, 3.63) is 29.1 Å². The number of ether oxygens (including phenoxy) is 3. The Labute approximate surface area is 179 Å². The van der Waals surface area contributed by atoms with E-state index in [-0.39, 0.29) is 17.6 Å². The van der Waals surface area contributed by atoms with Crippen LogP contribution in [0.4, 0.5) is 0 Å². The maximum atomic E-state index is 13.8. The SMILES string of the molecule is CO[C@@H]1COCC[C@H]1C[C@@H]1C[C@H]2OCC[C@@]2(C(=O)N2CCc3ncc(C)cc3C2)C1. The molecule has 0 unspecified atom stereocenters. The molecule has 3 aliphatic heterocycles. The number of nitrogens with zero attached hydrogens (tertiary/aromatic N) is 2. The molecule has 6 heteroatoms. The fraction of sp³-hybridized carbons (Fsp3) is 0.750. The number of carbonyl (C=O) groups is 1. The zero-order chi connectivity index (χ0) is 20.7. The Kier molecular flexibility index (Phi) is 5.58. The first-order valence-corrected chi connectivity index (χ1v) is 11.5. The van der Waals surface area contributed by atoms with E-state index in [1.54, 1.807) is 7.11 Å². The minimum atomic E-state index is -0.326. The standard InChI is InChI=1S/C24H34N2O4/c1-16-9-19-14-26(6-3-20(19)25-13-16)23(27)24-5-8-30-22(24)11-17(12-24)10-18-4-7-29-15-21(18)28-2/h9,13,17-18,21-22H,3-8,10-12,14-15H2,1-2H3/t17-,18+,21-,22-,24-/m1/s1. The first kappa shape index (κ1) is 20.4. The van der Waals surface area contributed by atoms with Crippen molar-refractivity contribution in [1.82, 2.24) is 9.88 Å². The minimum Gasteiger partial charge on any atom is -0.379 e. The summed E-state index contributed by atoms with van der Waals surface area (Å²) >= 11 is 0. The number of aryl methyl sites for hydroxylation is 1. The summed E-state index contributed by atoms with van der Waals surface area (Å²) in [5.74, 6) is 1.37. The number of hydrogen-bond donors (Lipinski definition) is 0. The van der Waals surface area contributed by atoms with Crippen molar-refractivity contribution >= 4 is 5.91 Å². The number of rotatable bonds is 4. The molecule has 30 heavy (non-hydrogen) atoms. The van der Waals surface area contributed by atoms with Crippen LogP contribution in [0.3, 0.4) is 0 Å². The Morgan fingerprint density at radius 2 is 2.30 bits per heavy atom. The van der Waals surface area contributed by atoms with Gasteiger partial charge < -0.3 is 19.1 Å². The van der Waals surface area contributed by atoms with E-state index in [0.717, 1.165) is 62.9 Å². The molecule has 5 atom stereocenters. The van der Waals surface area contributed by atoms with Crippen LogP contribution in [0.5, 0.6) is 0 Å². The van der Waals surface area contributed by atoms with Crippen molar-refractivity contribution in [1.29, 1.82) is 0 Å². The van der Waals surface area contributed by atoms with Crippen molar-refractivity contribution in [3.63, 3.8) is 0 Å². The average molecular weight is 415 g/mol. The fourth-order valence-electron chi connectivity index (χ4n) is 6.39. The van der Waals surface area contributed by atoms with E-state index in [0.29, 0.717) is 37.5 Å². The van der Waals surface area contributed by atoms with Crippen molar-refractivity contribution in [2.24, 2.45) is 17.3 Å². The molecule has 1 aromatic rings. The Morgan fingerprint density at radius 3 is 3.17 bits per heavy atom. The zero-order valence-corrected chi connectivity index (χ0v) is 18.3. The number of pyridine rings is 1. The van der Waals surface area contributed by atoms with Gasteiger partial charge in [-0.05, 0) is 62.0 Å². The third-order valence-electron chi connectivity index (χ3n) is 7.95. The van der Waals surface area contributed by atoms with Crippen molar-refractivity contribution in [2.45, 2.75) is 64.2 Å². The quantitative estimate of drug-likeness (QED) is 0.758. The summed E-state index contributed by atoms with van der Waals surface area (Å²) in [6.45, 7) is 5.76. The maximum Gasteiger partial charge on any atom is 0.231 e. The topological polar surface area (TPSA) is 60.9 Å². The first-order valence-electron chi connectivity index (χ1n) is 11.5. The van der Waals surface area contributed by atoms with Crippen LogP contribution in [0.2, 0.25) is 0 Å². The third kappa shape index (κ3) is 3.57. The maximum absolute atomic E-state index is 13.8. The lowest BCUT2D eigenvalue weighted by atomic mass is 9.78. The van der Waals surface area contributed by atoms with Crippen LogP contribution in [0.25, 0.3) is 0 Å². The second-order valence-electron chi connectivity index (χ2n) is 9.80. The van der Waals surface area contributed by atoms with E-state index in [2.05, 4.69) is 22.9 Å². The smallest absolute Gasteiger partial charge is 0.231 e. The van der Waals surface area contributed by atoms with Gasteiger partial charge in [-0.3, -0.25) is 9.78 Å². The largest absolute Gasteiger partial charge is 0.379 e. The van der Waals surface area contributed by atoms with Gasteiger partial charge in [0.2, 0.25) is 5.91 Å². The third-order valence-corrected chi connectivity index (χ3v) is 7.95. The predicted molar refractivity (Wildman–Crippen MR) is 112 cm³/mol. The highest BCUT2D eigenvalue weighted by molar-refractivity contribution is 5.84. The lowest BCUT2D eigenvalue weighted by molar-refractivity contribution is -0.145. The summed E-state index contributed by atoms with van der Waals surface area (Å²) in [6, 6.07) is 2.19. The van der Waals surface area contributed by atoms with Gasteiger partial charge in [0, 0.05) is 51.7 Å². The molecule has 0 N–H and O–H groups in total. The number of amides is 1. The van der Waals surface area contributed by atoms with E-state index in [4.69, 9.17) is 14.2 Å². The highest BCUT2D eigenvalue weighted by Gasteiger charge is 2.57.